The van der Waals surface area contributed by atoms with Gasteiger partial charge in [0.15, 0.2) is 0 Å². The SMILES string of the molecule is CCO/C(=N\S(=O)(=O)C(F)(F)C(F)(F)OC(F)(F)C(F)(F)Cl)C1CCCC1. The van der Waals surface area contributed by atoms with E-state index in [9.17, 15) is 43.5 Å². The van der Waals surface area contributed by atoms with Gasteiger partial charge in [0, 0.05) is 5.92 Å². The van der Waals surface area contributed by atoms with E-state index < -0.39 is 44.7 Å². The average Bonchev–Trinajstić information content (AvgIpc) is 2.97. The predicted molar refractivity (Wildman–Crippen MR) is 76.7 cm³/mol. The fourth-order valence-electron chi connectivity index (χ4n) is 2.14. The van der Waals surface area contributed by atoms with E-state index in [2.05, 4.69) is 20.7 Å². The second-order valence-electron chi connectivity index (χ2n) is 5.47. The highest BCUT2D eigenvalue weighted by Gasteiger charge is 2.74. The first-order valence-electron chi connectivity index (χ1n) is 7.36. The van der Waals surface area contributed by atoms with Crippen LogP contribution in [0.15, 0.2) is 4.40 Å². The second kappa shape index (κ2) is 7.85. The Bertz CT molecular complexity index is 659. The first kappa shape index (κ1) is 24.1. The lowest BCUT2D eigenvalue weighted by atomic mass is 10.1. The molecule has 15 heteroatoms. The topological polar surface area (TPSA) is 65.0 Å². The molecule has 0 saturated heterocycles. The van der Waals surface area contributed by atoms with Gasteiger partial charge in [0.05, 0.1) is 6.61 Å². The smallest absolute Gasteiger partial charge is 0.455 e. The lowest BCUT2D eigenvalue weighted by Gasteiger charge is -2.29. The highest BCUT2D eigenvalue weighted by Crippen LogP contribution is 2.48. The Balaban J connectivity index is 3.26. The Morgan fingerprint density at radius 1 is 1.04 bits per heavy atom. The molecule has 0 bridgehead atoms. The minimum absolute atomic E-state index is 0.250. The van der Waals surface area contributed by atoms with Crippen molar-refractivity contribution >= 4 is 27.5 Å². The molecule has 0 aromatic rings. The van der Waals surface area contributed by atoms with Crippen molar-refractivity contribution in [1.82, 2.24) is 0 Å². The quantitative estimate of drug-likeness (QED) is 0.233. The first-order valence-corrected chi connectivity index (χ1v) is 9.18. The Kier molecular flexibility index (Phi) is 7.02. The van der Waals surface area contributed by atoms with Gasteiger partial charge in [0.1, 0.15) is 0 Å². The molecule has 1 rings (SSSR count). The van der Waals surface area contributed by atoms with Crippen LogP contribution in [0.3, 0.4) is 0 Å². The Hall–Kier alpha value is -0.890. The van der Waals surface area contributed by atoms with E-state index in [0.29, 0.717) is 12.8 Å². The van der Waals surface area contributed by atoms with Crippen molar-refractivity contribution in [2.45, 2.75) is 55.5 Å². The van der Waals surface area contributed by atoms with Crippen LogP contribution in [-0.4, -0.2) is 43.8 Å². The summed E-state index contributed by atoms with van der Waals surface area (Å²) in [7, 11) is -6.56. The normalized spacial score (nSPS) is 18.8. The van der Waals surface area contributed by atoms with Crippen LogP contribution in [0.5, 0.6) is 0 Å². The molecular formula is C12H14ClF8NO4S. The van der Waals surface area contributed by atoms with Gasteiger partial charge in [0.25, 0.3) is 0 Å². The third-order valence-corrected chi connectivity index (χ3v) is 4.98. The maximum atomic E-state index is 13.7. The first-order chi connectivity index (χ1) is 12.0. The van der Waals surface area contributed by atoms with Gasteiger partial charge in [-0.1, -0.05) is 12.8 Å². The van der Waals surface area contributed by atoms with Crippen LogP contribution in [0.4, 0.5) is 35.1 Å². The van der Waals surface area contributed by atoms with Gasteiger partial charge in [-0.05, 0) is 31.4 Å². The number of alkyl halides is 9. The van der Waals surface area contributed by atoms with Gasteiger partial charge in [-0.2, -0.15) is 43.5 Å². The lowest BCUT2D eigenvalue weighted by molar-refractivity contribution is -0.442. The van der Waals surface area contributed by atoms with E-state index in [-0.39, 0.29) is 19.4 Å². The van der Waals surface area contributed by atoms with Crippen molar-refractivity contribution in [2.75, 3.05) is 6.61 Å². The highest BCUT2D eigenvalue weighted by molar-refractivity contribution is 7.91. The monoisotopic (exact) mass is 455 g/mol. The molecule has 0 unspecified atom stereocenters. The summed E-state index contributed by atoms with van der Waals surface area (Å²) < 4.78 is 137. The van der Waals surface area contributed by atoms with E-state index in [1.54, 1.807) is 0 Å². The van der Waals surface area contributed by atoms with E-state index in [4.69, 9.17) is 4.74 Å². The molecule has 1 aliphatic rings. The molecule has 0 aliphatic heterocycles. The lowest BCUT2D eigenvalue weighted by Crippen LogP contribution is -2.54. The molecule has 0 aromatic heterocycles. The molecular weight excluding hydrogens is 442 g/mol. The van der Waals surface area contributed by atoms with Crippen LogP contribution in [0.2, 0.25) is 0 Å². The molecule has 27 heavy (non-hydrogen) atoms. The van der Waals surface area contributed by atoms with Crippen molar-refractivity contribution in [1.29, 1.82) is 0 Å². The molecule has 0 aromatic carbocycles. The van der Waals surface area contributed by atoms with Gasteiger partial charge in [0.2, 0.25) is 5.90 Å². The summed E-state index contributed by atoms with van der Waals surface area (Å²) in [6.45, 7) is 1.08. The standard InChI is InChI=1S/C12H14ClF8NO4S/c1-2-25-8(7-5-3-4-6-7)22-27(23,24)12(20,21)11(18,19)26-10(16,17)9(13,14)15/h7H,2-6H2,1H3/b22-8-. The molecule has 0 radical (unpaired) electrons. The van der Waals surface area contributed by atoms with Crippen LogP contribution in [-0.2, 0) is 19.5 Å². The van der Waals surface area contributed by atoms with Crippen LogP contribution in [0, 0.1) is 5.92 Å². The zero-order valence-electron chi connectivity index (χ0n) is 13.5. The van der Waals surface area contributed by atoms with Crippen LogP contribution in [0.25, 0.3) is 0 Å². The summed E-state index contributed by atoms with van der Waals surface area (Å²) in [5.41, 5.74) is 0. The third kappa shape index (κ3) is 5.13. The summed E-state index contributed by atoms with van der Waals surface area (Å²) in [6.07, 6.45) is -11.3. The van der Waals surface area contributed by atoms with Crippen molar-refractivity contribution in [3.8, 4) is 0 Å². The minimum atomic E-state index is -6.59. The van der Waals surface area contributed by atoms with Crippen LogP contribution >= 0.6 is 11.6 Å². The fourth-order valence-corrected chi connectivity index (χ4v) is 3.08. The van der Waals surface area contributed by atoms with E-state index in [1.807, 2.05) is 0 Å². The Morgan fingerprint density at radius 2 is 1.52 bits per heavy atom. The van der Waals surface area contributed by atoms with E-state index in [0.717, 1.165) is 0 Å². The zero-order valence-corrected chi connectivity index (χ0v) is 15.1. The average molecular weight is 456 g/mol. The van der Waals surface area contributed by atoms with Gasteiger partial charge in [-0.15, -0.1) is 4.40 Å². The van der Waals surface area contributed by atoms with Crippen LogP contribution in [0.1, 0.15) is 32.6 Å². The van der Waals surface area contributed by atoms with Gasteiger partial charge < -0.3 is 4.74 Å². The molecule has 1 fully saturated rings. The second-order valence-corrected chi connectivity index (χ2v) is 7.59. The summed E-state index contributed by atoms with van der Waals surface area (Å²) >= 11 is 3.82. The largest absolute Gasteiger partial charge is 0.480 e. The number of rotatable bonds is 8. The minimum Gasteiger partial charge on any atom is -0.480 e. The molecule has 0 N–H and O–H groups in total. The van der Waals surface area contributed by atoms with E-state index in [1.165, 1.54) is 6.92 Å². The molecule has 1 saturated carbocycles. The Morgan fingerprint density at radius 3 is 1.93 bits per heavy atom. The highest BCUT2D eigenvalue weighted by atomic mass is 35.5. The number of sulfonamides is 1. The summed E-state index contributed by atoms with van der Waals surface area (Å²) in [5.74, 6) is -1.57. The van der Waals surface area contributed by atoms with Crippen molar-refractivity contribution in [3.05, 3.63) is 0 Å². The van der Waals surface area contributed by atoms with Crippen LogP contribution < -0.4 is 0 Å². The van der Waals surface area contributed by atoms with Gasteiger partial charge >= 0.3 is 32.9 Å². The number of hydrogen-bond donors (Lipinski definition) is 0. The molecule has 5 nitrogen and oxygen atoms in total. The number of nitrogens with zero attached hydrogens (tertiary/aromatic N) is 1. The molecule has 0 amide bonds. The number of ether oxygens (including phenoxy) is 2. The maximum Gasteiger partial charge on any atom is 0.455 e. The van der Waals surface area contributed by atoms with Crippen molar-refractivity contribution < 1.29 is 53.0 Å². The molecule has 1 aliphatic carbocycles. The maximum absolute atomic E-state index is 13.7. The fraction of sp³-hybridized carbons (Fsp3) is 0.917. The van der Waals surface area contributed by atoms with Gasteiger partial charge in [-0.25, -0.2) is 4.74 Å². The summed E-state index contributed by atoms with van der Waals surface area (Å²) in [5, 5.41) is -12.2. The summed E-state index contributed by atoms with van der Waals surface area (Å²) in [6, 6.07) is 0. The van der Waals surface area contributed by atoms with Gasteiger partial charge in [-0.3, -0.25) is 0 Å². The summed E-state index contributed by atoms with van der Waals surface area (Å²) in [4.78, 5) is 0. The van der Waals surface area contributed by atoms with E-state index >= 15 is 0 Å². The molecule has 0 atom stereocenters. The zero-order chi connectivity index (χ0) is 21.3. The number of hydrogen-bond acceptors (Lipinski definition) is 4. The predicted octanol–water partition coefficient (Wildman–Crippen LogP) is 4.57. The van der Waals surface area contributed by atoms with Crippen molar-refractivity contribution in [3.63, 3.8) is 0 Å². The molecule has 0 heterocycles. The molecule has 0 spiro atoms. The Labute approximate surface area is 153 Å². The van der Waals surface area contributed by atoms with Crippen molar-refractivity contribution in [2.24, 2.45) is 10.3 Å². The molecule has 160 valence electrons. The number of halogens is 9. The third-order valence-electron chi connectivity index (χ3n) is 3.46.